The number of para-hydroxylation sites is 1. The van der Waals surface area contributed by atoms with Gasteiger partial charge in [0.15, 0.2) is 0 Å². The molecule has 1 nitrogen and oxygen atoms in total. The van der Waals surface area contributed by atoms with E-state index in [1.807, 2.05) is 6.07 Å². The van der Waals surface area contributed by atoms with E-state index in [1.165, 1.54) is 30.6 Å². The Morgan fingerprint density at radius 1 is 1.29 bits per heavy atom. The van der Waals surface area contributed by atoms with Gasteiger partial charge in [-0.25, -0.2) is 0 Å². The summed E-state index contributed by atoms with van der Waals surface area (Å²) in [6, 6.07) is 8.30. The van der Waals surface area contributed by atoms with Crippen LogP contribution in [0.5, 0.6) is 5.75 Å². The van der Waals surface area contributed by atoms with Gasteiger partial charge in [-0.2, -0.15) is 0 Å². The predicted molar refractivity (Wildman–Crippen MR) is 78.4 cm³/mol. The second-order valence-corrected chi connectivity index (χ2v) is 6.19. The third-order valence-electron chi connectivity index (χ3n) is 3.55. The first-order chi connectivity index (χ1) is 8.29. The maximum Gasteiger partial charge on any atom is 0.132 e. The molecule has 0 aromatic heterocycles. The first-order valence-corrected chi connectivity index (χ1v) is 8.46. The van der Waals surface area contributed by atoms with Crippen molar-refractivity contribution in [3.63, 3.8) is 0 Å². The molecule has 3 heteroatoms. The van der Waals surface area contributed by atoms with Crippen molar-refractivity contribution in [2.24, 2.45) is 5.41 Å². The lowest BCUT2D eigenvalue weighted by atomic mass is 9.90. The molecule has 0 amide bonds. The van der Waals surface area contributed by atoms with Crippen LogP contribution in [0.15, 0.2) is 29.2 Å². The molecule has 1 aliphatic rings. The Labute approximate surface area is 116 Å². The molecule has 1 fully saturated rings. The van der Waals surface area contributed by atoms with E-state index < -0.39 is 0 Å². The quantitative estimate of drug-likeness (QED) is 0.573. The van der Waals surface area contributed by atoms with E-state index in [9.17, 15) is 0 Å². The number of ether oxygens (including phenoxy) is 1. The summed E-state index contributed by atoms with van der Waals surface area (Å²) in [5.74, 6) is 1.03. The van der Waals surface area contributed by atoms with Crippen LogP contribution in [0.4, 0.5) is 0 Å². The molecular weight excluding hydrogens is 296 g/mol. The molecule has 0 spiro atoms. The highest BCUT2D eigenvalue weighted by Crippen LogP contribution is 2.40. The molecule has 0 N–H and O–H groups in total. The molecule has 1 aromatic carbocycles. The fraction of sp³-hybridized carbons (Fsp3) is 0.571. The van der Waals surface area contributed by atoms with Gasteiger partial charge in [0.1, 0.15) is 5.75 Å². The first-order valence-electron chi connectivity index (χ1n) is 6.11. The first kappa shape index (κ1) is 13.3. The van der Waals surface area contributed by atoms with Crippen LogP contribution in [0.1, 0.15) is 25.7 Å². The average Bonchev–Trinajstić information content (AvgIpc) is 2.86. The van der Waals surface area contributed by atoms with Crippen molar-refractivity contribution in [1.82, 2.24) is 0 Å². The van der Waals surface area contributed by atoms with Gasteiger partial charge >= 0.3 is 0 Å². The summed E-state index contributed by atoms with van der Waals surface area (Å²) < 4.78 is 6.06. The summed E-state index contributed by atoms with van der Waals surface area (Å²) in [4.78, 5) is 1.23. The summed E-state index contributed by atoms with van der Waals surface area (Å²) in [5.41, 5.74) is 0.367. The van der Waals surface area contributed by atoms with E-state index >= 15 is 0 Å². The monoisotopic (exact) mass is 314 g/mol. The molecule has 0 radical (unpaired) electrons. The number of thioether (sulfide) groups is 1. The number of rotatable bonds is 5. The second-order valence-electron chi connectivity index (χ2n) is 4.78. The number of hydrogen-bond acceptors (Lipinski definition) is 2. The number of alkyl halides is 1. The Hall–Kier alpha value is -0.150. The highest BCUT2D eigenvalue weighted by atomic mass is 79.9. The fourth-order valence-corrected chi connectivity index (χ4v) is 3.68. The molecule has 94 valence electrons. The molecule has 1 aromatic rings. The SMILES string of the molecule is CSc1ccccc1OCC1(CBr)CCCC1. The standard InChI is InChI=1S/C14H19BrOS/c1-17-13-7-3-2-6-12(13)16-11-14(10-15)8-4-5-9-14/h2-3,6-7H,4-5,8-11H2,1H3. The van der Waals surface area contributed by atoms with Gasteiger partial charge < -0.3 is 4.74 Å². The zero-order chi connectivity index (χ0) is 12.1. The normalized spacial score (nSPS) is 18.2. The van der Waals surface area contributed by atoms with Gasteiger partial charge in [-0.3, -0.25) is 0 Å². The molecule has 0 saturated heterocycles. The molecular formula is C14H19BrOS. The molecule has 2 rings (SSSR count). The summed E-state index contributed by atoms with van der Waals surface area (Å²) in [6.07, 6.45) is 7.37. The summed E-state index contributed by atoms with van der Waals surface area (Å²) in [7, 11) is 0. The minimum absolute atomic E-state index is 0.367. The van der Waals surface area contributed by atoms with Crippen molar-refractivity contribution in [2.75, 3.05) is 18.2 Å². The van der Waals surface area contributed by atoms with Gasteiger partial charge in [-0.05, 0) is 31.2 Å². The Bertz CT molecular complexity index is 361. The molecule has 17 heavy (non-hydrogen) atoms. The van der Waals surface area contributed by atoms with Gasteiger partial charge in [0, 0.05) is 15.6 Å². The van der Waals surface area contributed by atoms with E-state index in [2.05, 4.69) is 40.4 Å². The van der Waals surface area contributed by atoms with Gasteiger partial charge in [-0.15, -0.1) is 11.8 Å². The fourth-order valence-electron chi connectivity index (χ4n) is 2.41. The molecule has 0 heterocycles. The van der Waals surface area contributed by atoms with E-state index in [0.717, 1.165) is 17.7 Å². The van der Waals surface area contributed by atoms with E-state index in [4.69, 9.17) is 4.74 Å². The second kappa shape index (κ2) is 6.14. The Balaban J connectivity index is 2.01. The number of benzene rings is 1. The van der Waals surface area contributed by atoms with Crippen molar-refractivity contribution < 1.29 is 4.74 Å². The highest BCUT2D eigenvalue weighted by Gasteiger charge is 2.33. The average molecular weight is 315 g/mol. The van der Waals surface area contributed by atoms with Crippen LogP contribution < -0.4 is 4.74 Å². The van der Waals surface area contributed by atoms with E-state index in [0.29, 0.717) is 5.41 Å². The van der Waals surface area contributed by atoms with Crippen molar-refractivity contribution >= 4 is 27.7 Å². The molecule has 0 atom stereocenters. The Kier molecular flexibility index (Phi) is 4.80. The van der Waals surface area contributed by atoms with Crippen molar-refractivity contribution in [3.8, 4) is 5.75 Å². The largest absolute Gasteiger partial charge is 0.492 e. The Morgan fingerprint density at radius 3 is 2.65 bits per heavy atom. The molecule has 0 unspecified atom stereocenters. The van der Waals surface area contributed by atoms with Gasteiger partial charge in [0.05, 0.1) is 6.61 Å². The zero-order valence-corrected chi connectivity index (χ0v) is 12.6. The summed E-state index contributed by atoms with van der Waals surface area (Å²) in [6.45, 7) is 0.843. The lowest BCUT2D eigenvalue weighted by Crippen LogP contribution is -2.27. The van der Waals surface area contributed by atoms with Crippen molar-refractivity contribution in [3.05, 3.63) is 24.3 Å². The minimum atomic E-state index is 0.367. The van der Waals surface area contributed by atoms with Gasteiger partial charge in [0.2, 0.25) is 0 Å². The summed E-state index contributed by atoms with van der Waals surface area (Å²) >= 11 is 5.41. The summed E-state index contributed by atoms with van der Waals surface area (Å²) in [5, 5.41) is 1.06. The Morgan fingerprint density at radius 2 is 2.00 bits per heavy atom. The van der Waals surface area contributed by atoms with Crippen LogP contribution in [-0.2, 0) is 0 Å². The number of halogens is 1. The van der Waals surface area contributed by atoms with E-state index in [1.54, 1.807) is 11.8 Å². The van der Waals surface area contributed by atoms with Crippen molar-refractivity contribution in [2.45, 2.75) is 30.6 Å². The molecule has 0 aliphatic heterocycles. The third kappa shape index (κ3) is 3.19. The van der Waals surface area contributed by atoms with Crippen LogP contribution in [0, 0.1) is 5.41 Å². The smallest absolute Gasteiger partial charge is 0.132 e. The minimum Gasteiger partial charge on any atom is -0.492 e. The van der Waals surface area contributed by atoms with Gasteiger partial charge in [-0.1, -0.05) is 40.9 Å². The molecule has 1 aliphatic carbocycles. The lowest BCUT2D eigenvalue weighted by molar-refractivity contribution is 0.171. The lowest BCUT2D eigenvalue weighted by Gasteiger charge is -2.26. The maximum absolute atomic E-state index is 6.06. The predicted octanol–water partition coefficient (Wildman–Crippen LogP) is 4.74. The topological polar surface area (TPSA) is 9.23 Å². The third-order valence-corrected chi connectivity index (χ3v) is 5.52. The highest BCUT2D eigenvalue weighted by molar-refractivity contribution is 9.09. The van der Waals surface area contributed by atoms with Crippen LogP contribution in [0.3, 0.4) is 0 Å². The van der Waals surface area contributed by atoms with E-state index in [-0.39, 0.29) is 0 Å². The number of hydrogen-bond donors (Lipinski definition) is 0. The van der Waals surface area contributed by atoms with Crippen LogP contribution >= 0.6 is 27.7 Å². The maximum atomic E-state index is 6.06. The molecule has 0 bridgehead atoms. The zero-order valence-electron chi connectivity index (χ0n) is 10.2. The molecule has 1 saturated carbocycles. The van der Waals surface area contributed by atoms with Crippen LogP contribution in [0.25, 0.3) is 0 Å². The van der Waals surface area contributed by atoms with Crippen molar-refractivity contribution in [1.29, 1.82) is 0 Å². The van der Waals surface area contributed by atoms with Crippen LogP contribution in [-0.4, -0.2) is 18.2 Å². The van der Waals surface area contributed by atoms with Gasteiger partial charge in [0.25, 0.3) is 0 Å². The van der Waals surface area contributed by atoms with Crippen LogP contribution in [0.2, 0.25) is 0 Å².